The molecule has 0 heterocycles. The summed E-state index contributed by atoms with van der Waals surface area (Å²) in [4.78, 5) is 13.8. The molecule has 1 aliphatic carbocycles. The largest absolute Gasteiger partial charge is 0.335 e. The van der Waals surface area contributed by atoms with E-state index in [9.17, 15) is 4.79 Å². The third-order valence-electron chi connectivity index (χ3n) is 4.15. The highest BCUT2D eigenvalue weighted by molar-refractivity contribution is 5.75. The zero-order valence-electron chi connectivity index (χ0n) is 10.8. The van der Waals surface area contributed by atoms with Crippen LogP contribution in [-0.4, -0.2) is 36.1 Å². The number of carbonyl (C=O) groups excluding carboxylic acids is 1. The van der Waals surface area contributed by atoms with Crippen LogP contribution in [0.2, 0.25) is 0 Å². The minimum atomic E-state index is -0.187. The van der Waals surface area contributed by atoms with Gasteiger partial charge in [-0.2, -0.15) is 0 Å². The third-order valence-corrected chi connectivity index (χ3v) is 4.15. The van der Waals surface area contributed by atoms with Crippen LogP contribution in [0.25, 0.3) is 0 Å². The molecule has 0 spiro atoms. The van der Waals surface area contributed by atoms with Crippen molar-refractivity contribution in [2.45, 2.75) is 57.5 Å². The number of hydrogen-bond donors (Lipinski definition) is 2. The van der Waals surface area contributed by atoms with E-state index in [1.165, 1.54) is 6.42 Å². The quantitative estimate of drug-likeness (QED) is 0.751. The van der Waals surface area contributed by atoms with Crippen molar-refractivity contribution in [3.8, 4) is 0 Å². The van der Waals surface area contributed by atoms with Crippen LogP contribution in [0.3, 0.4) is 0 Å². The summed E-state index contributed by atoms with van der Waals surface area (Å²) in [5.41, 5.74) is 5.64. The topological polar surface area (TPSA) is 58.4 Å². The molecular formula is C12H25N3O. The SMILES string of the molecule is CCC(CC)(CN)N(C)C(=O)NC1CCC1. The smallest absolute Gasteiger partial charge is 0.317 e. The first kappa shape index (κ1) is 13.3. The molecule has 0 saturated heterocycles. The number of nitrogens with zero attached hydrogens (tertiary/aromatic N) is 1. The maximum atomic E-state index is 12.0. The number of likely N-dealkylation sites (N-methyl/N-ethyl adjacent to an activating group) is 1. The van der Waals surface area contributed by atoms with Crippen molar-refractivity contribution < 1.29 is 4.79 Å². The molecule has 4 nitrogen and oxygen atoms in total. The van der Waals surface area contributed by atoms with E-state index >= 15 is 0 Å². The van der Waals surface area contributed by atoms with E-state index < -0.39 is 0 Å². The summed E-state index contributed by atoms with van der Waals surface area (Å²) in [5, 5.41) is 3.06. The Kier molecular flexibility index (Phi) is 4.59. The van der Waals surface area contributed by atoms with E-state index in [2.05, 4.69) is 19.2 Å². The summed E-state index contributed by atoms with van der Waals surface area (Å²) < 4.78 is 0. The lowest BCUT2D eigenvalue weighted by molar-refractivity contribution is 0.124. The summed E-state index contributed by atoms with van der Waals surface area (Å²) in [5.74, 6) is 0. The van der Waals surface area contributed by atoms with Crippen molar-refractivity contribution in [1.29, 1.82) is 0 Å². The van der Waals surface area contributed by atoms with Gasteiger partial charge in [0.1, 0.15) is 0 Å². The summed E-state index contributed by atoms with van der Waals surface area (Å²) in [6.07, 6.45) is 5.27. The Balaban J connectivity index is 2.58. The van der Waals surface area contributed by atoms with Gasteiger partial charge in [-0.05, 0) is 32.1 Å². The third kappa shape index (κ3) is 2.48. The molecule has 4 heteroatoms. The second-order valence-corrected chi connectivity index (χ2v) is 4.77. The van der Waals surface area contributed by atoms with Crippen LogP contribution in [0.4, 0.5) is 4.79 Å². The molecule has 16 heavy (non-hydrogen) atoms. The summed E-state index contributed by atoms with van der Waals surface area (Å²) in [6.45, 7) is 4.70. The van der Waals surface area contributed by atoms with E-state index in [1.54, 1.807) is 4.90 Å². The van der Waals surface area contributed by atoms with Gasteiger partial charge in [-0.3, -0.25) is 0 Å². The molecule has 0 aromatic heterocycles. The molecule has 94 valence electrons. The van der Waals surface area contributed by atoms with Gasteiger partial charge in [-0.25, -0.2) is 4.79 Å². The highest BCUT2D eigenvalue weighted by atomic mass is 16.2. The van der Waals surface area contributed by atoms with Crippen molar-refractivity contribution in [3.05, 3.63) is 0 Å². The van der Waals surface area contributed by atoms with Gasteiger partial charge in [-0.15, -0.1) is 0 Å². The molecule has 0 unspecified atom stereocenters. The monoisotopic (exact) mass is 227 g/mol. The first-order valence-electron chi connectivity index (χ1n) is 6.34. The number of nitrogens with two attached hydrogens (primary N) is 1. The lowest BCUT2D eigenvalue weighted by atomic mass is 9.90. The van der Waals surface area contributed by atoms with Crippen molar-refractivity contribution in [1.82, 2.24) is 10.2 Å². The van der Waals surface area contributed by atoms with E-state index in [0.29, 0.717) is 12.6 Å². The number of carbonyl (C=O) groups is 1. The molecule has 0 atom stereocenters. The minimum Gasteiger partial charge on any atom is -0.335 e. The average Bonchev–Trinajstić information content (AvgIpc) is 2.26. The maximum absolute atomic E-state index is 12.0. The zero-order chi connectivity index (χ0) is 12.2. The van der Waals surface area contributed by atoms with Crippen molar-refractivity contribution in [2.75, 3.05) is 13.6 Å². The lowest BCUT2D eigenvalue weighted by Crippen LogP contribution is -2.58. The Morgan fingerprint density at radius 2 is 2.00 bits per heavy atom. The molecule has 1 fully saturated rings. The number of nitrogens with one attached hydrogen (secondary N) is 1. The van der Waals surface area contributed by atoms with Crippen LogP contribution in [-0.2, 0) is 0 Å². The molecule has 1 rings (SSSR count). The summed E-state index contributed by atoms with van der Waals surface area (Å²) in [7, 11) is 1.86. The van der Waals surface area contributed by atoms with Gasteiger partial charge in [0.25, 0.3) is 0 Å². The number of rotatable bonds is 5. The van der Waals surface area contributed by atoms with Crippen LogP contribution in [0, 0.1) is 0 Å². The van der Waals surface area contributed by atoms with Crippen molar-refractivity contribution in [3.63, 3.8) is 0 Å². The van der Waals surface area contributed by atoms with Gasteiger partial charge in [0.05, 0.1) is 5.54 Å². The Labute approximate surface area is 98.6 Å². The van der Waals surface area contributed by atoms with Gasteiger partial charge < -0.3 is 16.0 Å². The molecule has 0 aromatic carbocycles. The Hall–Kier alpha value is -0.770. The fourth-order valence-corrected chi connectivity index (χ4v) is 2.19. The van der Waals surface area contributed by atoms with Crippen LogP contribution in [0.15, 0.2) is 0 Å². The zero-order valence-corrected chi connectivity index (χ0v) is 10.8. The predicted octanol–water partition coefficient (Wildman–Crippen LogP) is 1.70. The Morgan fingerprint density at radius 1 is 1.44 bits per heavy atom. The standard InChI is InChI=1S/C12H25N3O/c1-4-12(5-2,9-13)15(3)11(16)14-10-7-6-8-10/h10H,4-9,13H2,1-3H3,(H,14,16). The van der Waals surface area contributed by atoms with Crippen LogP contribution in [0.1, 0.15) is 46.0 Å². The highest BCUT2D eigenvalue weighted by Gasteiger charge is 2.34. The first-order valence-corrected chi connectivity index (χ1v) is 6.34. The highest BCUT2D eigenvalue weighted by Crippen LogP contribution is 2.23. The van der Waals surface area contributed by atoms with Crippen molar-refractivity contribution >= 4 is 6.03 Å². The molecule has 0 aromatic rings. The van der Waals surface area contributed by atoms with Gasteiger partial charge in [0.2, 0.25) is 0 Å². The molecule has 0 bridgehead atoms. The van der Waals surface area contributed by atoms with Gasteiger partial charge in [-0.1, -0.05) is 13.8 Å². The van der Waals surface area contributed by atoms with Crippen molar-refractivity contribution in [2.24, 2.45) is 5.73 Å². The second kappa shape index (κ2) is 5.53. The summed E-state index contributed by atoms with van der Waals surface area (Å²) >= 11 is 0. The van der Waals surface area contributed by atoms with Crippen LogP contribution < -0.4 is 11.1 Å². The van der Waals surface area contributed by atoms with E-state index in [-0.39, 0.29) is 11.6 Å². The van der Waals surface area contributed by atoms with Crippen LogP contribution in [0.5, 0.6) is 0 Å². The summed E-state index contributed by atoms with van der Waals surface area (Å²) in [6, 6.07) is 0.415. The van der Waals surface area contributed by atoms with E-state index in [4.69, 9.17) is 5.73 Å². The number of amides is 2. The normalized spacial score (nSPS) is 16.8. The lowest BCUT2D eigenvalue weighted by Gasteiger charge is -2.41. The fourth-order valence-electron chi connectivity index (χ4n) is 2.19. The number of urea groups is 1. The second-order valence-electron chi connectivity index (χ2n) is 4.77. The molecule has 1 aliphatic rings. The van der Waals surface area contributed by atoms with E-state index in [1.807, 2.05) is 7.05 Å². The molecule has 0 aliphatic heterocycles. The average molecular weight is 227 g/mol. The van der Waals surface area contributed by atoms with E-state index in [0.717, 1.165) is 25.7 Å². The Bertz CT molecular complexity index is 226. The molecular weight excluding hydrogens is 202 g/mol. The van der Waals surface area contributed by atoms with Crippen LogP contribution >= 0.6 is 0 Å². The Morgan fingerprint density at radius 3 is 2.31 bits per heavy atom. The minimum absolute atomic E-state index is 0.0267. The fraction of sp³-hybridized carbons (Fsp3) is 0.917. The predicted molar refractivity (Wildman–Crippen MR) is 66.3 cm³/mol. The molecule has 3 N–H and O–H groups in total. The molecule has 2 amide bonds. The molecule has 0 radical (unpaired) electrons. The van der Waals surface area contributed by atoms with Gasteiger partial charge >= 0.3 is 6.03 Å². The number of hydrogen-bond acceptors (Lipinski definition) is 2. The maximum Gasteiger partial charge on any atom is 0.317 e. The first-order chi connectivity index (χ1) is 7.59. The van der Waals surface area contributed by atoms with Gasteiger partial charge in [0, 0.05) is 19.6 Å². The molecule has 1 saturated carbocycles. The van der Waals surface area contributed by atoms with Gasteiger partial charge in [0.15, 0.2) is 0 Å².